The van der Waals surface area contributed by atoms with E-state index >= 15 is 0 Å². The fraction of sp³-hybridized carbons (Fsp3) is 0.929. The van der Waals surface area contributed by atoms with E-state index in [4.69, 9.17) is 9.16 Å². The van der Waals surface area contributed by atoms with Crippen LogP contribution in [0.4, 0.5) is 0 Å². The molecule has 0 spiro atoms. The number of ether oxygens (including phenoxy) is 1. The predicted molar refractivity (Wildman–Crippen MR) is 75.2 cm³/mol. The second-order valence-corrected chi connectivity index (χ2v) is 12.2. The highest BCUT2D eigenvalue weighted by molar-refractivity contribution is 6.74. The van der Waals surface area contributed by atoms with Crippen molar-refractivity contribution in [3.05, 3.63) is 0 Å². The Kier molecular flexibility index (Phi) is 3.84. The molecule has 1 aliphatic carbocycles. The Morgan fingerprint density at radius 3 is 2.63 bits per heavy atom. The van der Waals surface area contributed by atoms with Gasteiger partial charge in [0.1, 0.15) is 6.10 Å². The minimum absolute atomic E-state index is 0.0468. The molecule has 2 aliphatic rings. The monoisotopic (exact) mass is 286 g/mol. The van der Waals surface area contributed by atoms with Crippen LogP contribution >= 0.6 is 0 Å². The lowest BCUT2D eigenvalue weighted by atomic mass is 9.93. The maximum atomic E-state index is 11.3. The van der Waals surface area contributed by atoms with E-state index in [1.165, 1.54) is 0 Å². The molecule has 2 rings (SSSR count). The summed E-state index contributed by atoms with van der Waals surface area (Å²) in [5.41, 5.74) is 0. The summed E-state index contributed by atoms with van der Waals surface area (Å²) in [6.07, 6.45) is 0.526. The SMILES string of the molecule is CC(C)(C)[Si](C)(C)OC[C@H]1[C@H]2CC(=O)O[C@H]2C[C@H]1O. The molecule has 1 N–H and O–H groups in total. The summed E-state index contributed by atoms with van der Waals surface area (Å²) in [7, 11) is -1.80. The van der Waals surface area contributed by atoms with E-state index in [9.17, 15) is 9.90 Å². The third kappa shape index (κ3) is 2.88. The van der Waals surface area contributed by atoms with Crippen LogP contribution in [0.5, 0.6) is 0 Å². The number of esters is 1. The Balaban J connectivity index is 1.97. The Morgan fingerprint density at radius 1 is 1.42 bits per heavy atom. The maximum Gasteiger partial charge on any atom is 0.306 e. The summed E-state index contributed by atoms with van der Waals surface area (Å²) in [5.74, 6) is 0.0667. The Morgan fingerprint density at radius 2 is 2.05 bits per heavy atom. The molecule has 0 unspecified atom stereocenters. The summed E-state index contributed by atoms with van der Waals surface area (Å²) in [6.45, 7) is 11.6. The third-order valence-corrected chi connectivity index (χ3v) is 9.62. The number of hydrogen-bond acceptors (Lipinski definition) is 4. The number of aliphatic hydroxyl groups excluding tert-OH is 1. The van der Waals surface area contributed by atoms with Crippen molar-refractivity contribution < 1.29 is 19.1 Å². The normalized spacial score (nSPS) is 35.4. The molecular weight excluding hydrogens is 260 g/mol. The first-order chi connectivity index (χ1) is 8.62. The number of hydrogen-bond donors (Lipinski definition) is 1. The molecule has 0 radical (unpaired) electrons. The van der Waals surface area contributed by atoms with Crippen LogP contribution in [0.2, 0.25) is 18.1 Å². The van der Waals surface area contributed by atoms with E-state index in [1.54, 1.807) is 0 Å². The van der Waals surface area contributed by atoms with Gasteiger partial charge in [-0.3, -0.25) is 4.79 Å². The molecular formula is C14H26O4Si. The van der Waals surface area contributed by atoms with Crippen LogP contribution in [0, 0.1) is 11.8 Å². The number of aliphatic hydroxyl groups is 1. The van der Waals surface area contributed by atoms with Crippen molar-refractivity contribution in [2.24, 2.45) is 11.8 Å². The Bertz CT molecular complexity index is 361. The first kappa shape index (κ1) is 15.0. The van der Waals surface area contributed by atoms with E-state index in [-0.39, 0.29) is 28.9 Å². The second kappa shape index (κ2) is 4.86. The first-order valence-corrected chi connectivity index (χ1v) is 10.0. The van der Waals surface area contributed by atoms with Crippen LogP contribution in [-0.4, -0.2) is 38.2 Å². The molecule has 2 fully saturated rings. The minimum atomic E-state index is -1.80. The summed E-state index contributed by atoms with van der Waals surface area (Å²) in [6, 6.07) is 0. The largest absolute Gasteiger partial charge is 0.462 e. The van der Waals surface area contributed by atoms with Crippen LogP contribution in [0.25, 0.3) is 0 Å². The molecule has 0 amide bonds. The zero-order valence-electron chi connectivity index (χ0n) is 12.6. The van der Waals surface area contributed by atoms with Crippen LogP contribution in [0.15, 0.2) is 0 Å². The number of rotatable bonds is 3. The molecule has 1 saturated carbocycles. The lowest BCUT2D eigenvalue weighted by Gasteiger charge is -2.37. The van der Waals surface area contributed by atoms with Crippen molar-refractivity contribution >= 4 is 14.3 Å². The predicted octanol–water partition coefficient (Wildman–Crippen LogP) is 2.32. The van der Waals surface area contributed by atoms with Crippen molar-refractivity contribution in [3.63, 3.8) is 0 Å². The van der Waals surface area contributed by atoms with Gasteiger partial charge in [-0.2, -0.15) is 0 Å². The fourth-order valence-electron chi connectivity index (χ4n) is 2.73. The van der Waals surface area contributed by atoms with Gasteiger partial charge in [-0.25, -0.2) is 0 Å². The molecule has 1 heterocycles. The molecule has 0 aromatic heterocycles. The first-order valence-electron chi connectivity index (χ1n) is 7.13. The lowest BCUT2D eigenvalue weighted by molar-refractivity contribution is -0.141. The molecule has 0 bridgehead atoms. The van der Waals surface area contributed by atoms with Gasteiger partial charge in [0.2, 0.25) is 0 Å². The number of fused-ring (bicyclic) bond motifs is 1. The molecule has 110 valence electrons. The Labute approximate surface area is 116 Å². The molecule has 5 heteroatoms. The van der Waals surface area contributed by atoms with E-state index in [0.717, 1.165) is 0 Å². The van der Waals surface area contributed by atoms with Gasteiger partial charge in [-0.05, 0) is 18.1 Å². The summed E-state index contributed by atoms with van der Waals surface area (Å²) >= 11 is 0. The molecule has 4 nitrogen and oxygen atoms in total. The smallest absolute Gasteiger partial charge is 0.306 e. The molecule has 0 aromatic rings. The summed E-state index contributed by atoms with van der Waals surface area (Å²) < 4.78 is 11.4. The van der Waals surface area contributed by atoms with Crippen LogP contribution < -0.4 is 0 Å². The van der Waals surface area contributed by atoms with E-state index < -0.39 is 14.4 Å². The van der Waals surface area contributed by atoms with Gasteiger partial charge >= 0.3 is 5.97 Å². The lowest BCUT2D eigenvalue weighted by Crippen LogP contribution is -2.43. The third-order valence-electron chi connectivity index (χ3n) is 5.12. The fourth-order valence-corrected chi connectivity index (χ4v) is 3.77. The standard InChI is InChI=1S/C14H26O4Si/c1-14(2,3)19(4,5)17-8-10-9-6-13(16)18-12(9)7-11(10)15/h9-12,15H,6-8H2,1-5H3/t9-,10+,11-,12+/m1/s1. The van der Waals surface area contributed by atoms with Crippen LogP contribution in [-0.2, 0) is 14.0 Å². The van der Waals surface area contributed by atoms with Gasteiger partial charge in [0.05, 0.1) is 12.5 Å². The average Bonchev–Trinajstić information content (AvgIpc) is 2.69. The highest BCUT2D eigenvalue weighted by Crippen LogP contribution is 2.43. The van der Waals surface area contributed by atoms with Crippen molar-refractivity contribution in [2.75, 3.05) is 6.61 Å². The topological polar surface area (TPSA) is 55.8 Å². The van der Waals surface area contributed by atoms with E-state index in [2.05, 4.69) is 33.9 Å². The highest BCUT2D eigenvalue weighted by Gasteiger charge is 2.50. The molecule has 1 aliphatic heterocycles. The van der Waals surface area contributed by atoms with Gasteiger partial charge in [0, 0.05) is 24.9 Å². The van der Waals surface area contributed by atoms with Gasteiger partial charge in [0.25, 0.3) is 0 Å². The molecule has 19 heavy (non-hydrogen) atoms. The summed E-state index contributed by atoms with van der Waals surface area (Å²) in [5, 5.41) is 10.3. The van der Waals surface area contributed by atoms with E-state index in [0.29, 0.717) is 19.4 Å². The van der Waals surface area contributed by atoms with E-state index in [1.807, 2.05) is 0 Å². The van der Waals surface area contributed by atoms with Crippen molar-refractivity contribution in [1.82, 2.24) is 0 Å². The van der Waals surface area contributed by atoms with Crippen molar-refractivity contribution in [2.45, 2.75) is 64.0 Å². The summed E-state index contributed by atoms with van der Waals surface area (Å²) in [4.78, 5) is 11.3. The van der Waals surface area contributed by atoms with Gasteiger partial charge in [0.15, 0.2) is 8.32 Å². The van der Waals surface area contributed by atoms with Crippen molar-refractivity contribution in [1.29, 1.82) is 0 Å². The van der Waals surface area contributed by atoms with Gasteiger partial charge < -0.3 is 14.3 Å². The molecule has 4 atom stereocenters. The molecule has 0 aromatic carbocycles. The zero-order chi connectivity index (χ0) is 14.4. The highest BCUT2D eigenvalue weighted by atomic mass is 28.4. The average molecular weight is 286 g/mol. The maximum absolute atomic E-state index is 11.3. The van der Waals surface area contributed by atoms with Gasteiger partial charge in [-0.15, -0.1) is 0 Å². The van der Waals surface area contributed by atoms with Crippen LogP contribution in [0.1, 0.15) is 33.6 Å². The van der Waals surface area contributed by atoms with Crippen molar-refractivity contribution in [3.8, 4) is 0 Å². The Hall–Kier alpha value is -0.393. The zero-order valence-corrected chi connectivity index (χ0v) is 13.6. The minimum Gasteiger partial charge on any atom is -0.462 e. The second-order valence-electron chi connectivity index (χ2n) is 7.43. The number of carbonyl (C=O) groups is 1. The molecule has 1 saturated heterocycles. The quantitative estimate of drug-likeness (QED) is 0.639. The number of carbonyl (C=O) groups excluding carboxylic acids is 1. The van der Waals surface area contributed by atoms with Gasteiger partial charge in [-0.1, -0.05) is 20.8 Å². The van der Waals surface area contributed by atoms with Crippen LogP contribution in [0.3, 0.4) is 0 Å².